The van der Waals surface area contributed by atoms with Crippen LogP contribution in [0.1, 0.15) is 116 Å². The molecule has 1 aliphatic heterocycles. The topological polar surface area (TPSA) is 0 Å². The largest absolute Gasteiger partial charge is 0.184 e. The first-order chi connectivity index (χ1) is 30.0. The summed E-state index contributed by atoms with van der Waals surface area (Å²) in [5, 5.41) is 8.31. The maximum absolute atomic E-state index is 4.93. The molecule has 0 amide bonds. The van der Waals surface area contributed by atoms with Crippen molar-refractivity contribution in [1.29, 1.82) is 0 Å². The van der Waals surface area contributed by atoms with Crippen LogP contribution < -0.4 is 10.4 Å². The van der Waals surface area contributed by atoms with E-state index in [1.54, 1.807) is 0 Å². The SMILES string of the molecule is Cc1ccccc1-c1c(C(C)(C)C)ccc2[cH-]c(C(C)(C)C)cc12.Cc1ccccc1-c1c(C(C)(C)C)ccc2[cH-]c(C(C)(C)C)cc12.[Cl][Zr][Cl].[c-]1cccc2c1[Si]c1ccccc1-2. The zero-order valence-electron chi connectivity index (χ0n) is 40.5. The first-order valence-corrected chi connectivity index (χ1v) is 29.8. The normalized spacial score (nSPS) is 12.3. The summed E-state index contributed by atoms with van der Waals surface area (Å²) in [6, 6.07) is 54.5. The Hall–Kier alpha value is -3.78. The first-order valence-electron chi connectivity index (χ1n) is 22.5. The number of fused-ring (bicyclic) bond motifs is 5. The molecule has 9 rings (SSSR count). The van der Waals surface area contributed by atoms with E-state index in [0.717, 1.165) is 9.52 Å². The molecule has 0 fully saturated rings. The first kappa shape index (κ1) is 49.6. The third-order valence-electron chi connectivity index (χ3n) is 12.3. The van der Waals surface area contributed by atoms with E-state index in [2.05, 4.69) is 236 Å². The molecule has 0 spiro atoms. The molecule has 0 unspecified atom stereocenters. The monoisotopic (exact) mass is 973 g/mol. The molecular weight excluding hydrogens is 911 g/mol. The van der Waals surface area contributed by atoms with Crippen LogP contribution in [0.15, 0.2) is 140 Å². The van der Waals surface area contributed by atoms with Crippen LogP contribution in [0.4, 0.5) is 0 Å². The second-order valence-corrected chi connectivity index (χ2v) is 26.3. The van der Waals surface area contributed by atoms with Crippen molar-refractivity contribution in [3.8, 4) is 33.4 Å². The molecule has 0 nitrogen and oxygen atoms in total. The van der Waals surface area contributed by atoms with Gasteiger partial charge in [-0.15, -0.1) is 74.6 Å². The van der Waals surface area contributed by atoms with Crippen molar-refractivity contribution in [2.45, 2.75) is 119 Å². The van der Waals surface area contributed by atoms with Gasteiger partial charge < -0.3 is 0 Å². The number of hydrogen-bond donors (Lipinski definition) is 0. The summed E-state index contributed by atoms with van der Waals surface area (Å²) in [5.41, 5.74) is 17.2. The van der Waals surface area contributed by atoms with Crippen LogP contribution in [-0.2, 0) is 42.5 Å². The Labute approximate surface area is 407 Å². The fourth-order valence-corrected chi connectivity index (χ4v) is 10.0. The number of benzene rings is 6. The minimum atomic E-state index is -0.826. The minimum absolute atomic E-state index is 0.116. The van der Waals surface area contributed by atoms with E-state index >= 15 is 0 Å². The van der Waals surface area contributed by atoms with Crippen molar-refractivity contribution >= 4 is 58.5 Å². The van der Waals surface area contributed by atoms with Crippen LogP contribution in [0, 0.1) is 19.9 Å². The molecule has 0 N–H and O–H groups in total. The van der Waals surface area contributed by atoms with Gasteiger partial charge in [0.25, 0.3) is 0 Å². The van der Waals surface area contributed by atoms with Crippen molar-refractivity contribution < 1.29 is 20.8 Å². The molecular formula is C60H65Cl2SiZr-3. The van der Waals surface area contributed by atoms with Gasteiger partial charge in [-0.2, -0.15) is 41.6 Å². The van der Waals surface area contributed by atoms with E-state index in [1.807, 2.05) is 6.07 Å². The summed E-state index contributed by atoms with van der Waals surface area (Å²) in [4.78, 5) is 0. The number of aryl methyl sites for hydroxylation is 2. The predicted molar refractivity (Wildman–Crippen MR) is 282 cm³/mol. The van der Waals surface area contributed by atoms with Crippen LogP contribution in [-0.4, -0.2) is 9.52 Å². The molecule has 1 heterocycles. The van der Waals surface area contributed by atoms with Gasteiger partial charge in [-0.1, -0.05) is 189 Å². The molecule has 8 aromatic rings. The van der Waals surface area contributed by atoms with Crippen LogP contribution in [0.3, 0.4) is 0 Å². The van der Waals surface area contributed by atoms with Gasteiger partial charge in [0.15, 0.2) is 0 Å². The molecule has 0 bridgehead atoms. The molecule has 0 saturated carbocycles. The van der Waals surface area contributed by atoms with Crippen LogP contribution >= 0.6 is 17.0 Å². The van der Waals surface area contributed by atoms with Crippen molar-refractivity contribution in [2.75, 3.05) is 0 Å². The van der Waals surface area contributed by atoms with Gasteiger partial charge >= 0.3 is 37.9 Å². The standard InChI is InChI=1S/2C24H29.C12H7Si.2ClH.Zr/c2*1-16-10-8-9-11-19(16)22-20-15-18(23(2,3)4)14-17(20)12-13-21(22)24(5,6)7;1-3-7-11-9(5-1)10-6-2-4-8-12(10)13-11;;;/h2*8-15H,1-7H3;1-7H;2*1H;/q3*-1;;;+2/p-2. The van der Waals surface area contributed by atoms with Gasteiger partial charge in [0.2, 0.25) is 0 Å². The summed E-state index contributed by atoms with van der Waals surface area (Å²) < 4.78 is 0. The third kappa shape index (κ3) is 11.2. The average molecular weight is 976 g/mol. The van der Waals surface area contributed by atoms with E-state index in [1.165, 1.54) is 98.7 Å². The van der Waals surface area contributed by atoms with Gasteiger partial charge in [-0.3, -0.25) is 0 Å². The van der Waals surface area contributed by atoms with Gasteiger partial charge in [0, 0.05) is 0 Å². The Kier molecular flexibility index (Phi) is 15.5. The van der Waals surface area contributed by atoms with Gasteiger partial charge in [0.1, 0.15) is 0 Å². The zero-order valence-corrected chi connectivity index (χ0v) is 45.5. The van der Waals surface area contributed by atoms with Crippen molar-refractivity contribution in [2.24, 2.45) is 0 Å². The molecule has 0 aromatic heterocycles. The van der Waals surface area contributed by atoms with Gasteiger partial charge in [0.05, 0.1) is 9.52 Å². The fraction of sp³-hybridized carbons (Fsp3) is 0.300. The van der Waals surface area contributed by atoms with Gasteiger partial charge in [-0.05, 0) is 57.8 Å². The Balaban J connectivity index is 0.000000160. The van der Waals surface area contributed by atoms with Crippen LogP contribution in [0.2, 0.25) is 0 Å². The van der Waals surface area contributed by atoms with E-state index in [0.29, 0.717) is 0 Å². The molecule has 330 valence electrons. The molecule has 0 aliphatic carbocycles. The summed E-state index contributed by atoms with van der Waals surface area (Å²) in [7, 11) is 10.7. The summed E-state index contributed by atoms with van der Waals surface area (Å²) in [6.45, 7) is 32.0. The Morgan fingerprint density at radius 3 is 1.27 bits per heavy atom. The van der Waals surface area contributed by atoms with Crippen molar-refractivity contribution in [1.82, 2.24) is 0 Å². The molecule has 64 heavy (non-hydrogen) atoms. The molecule has 0 atom stereocenters. The number of rotatable bonds is 2. The Morgan fingerprint density at radius 2 is 0.859 bits per heavy atom. The molecule has 1 aliphatic rings. The van der Waals surface area contributed by atoms with E-state index in [4.69, 9.17) is 17.0 Å². The number of hydrogen-bond acceptors (Lipinski definition) is 0. The van der Waals surface area contributed by atoms with Crippen molar-refractivity contribution in [3.63, 3.8) is 0 Å². The van der Waals surface area contributed by atoms with E-state index in [-0.39, 0.29) is 21.7 Å². The van der Waals surface area contributed by atoms with Crippen LogP contribution in [0.5, 0.6) is 0 Å². The smallest absolute Gasteiger partial charge is 0.0920 e. The second kappa shape index (κ2) is 20.0. The number of halogens is 2. The summed E-state index contributed by atoms with van der Waals surface area (Å²) >= 11 is -0.826. The Morgan fingerprint density at radius 1 is 0.469 bits per heavy atom. The minimum Gasteiger partial charge on any atom is -0.184 e. The van der Waals surface area contributed by atoms with Crippen molar-refractivity contribution in [3.05, 3.63) is 179 Å². The van der Waals surface area contributed by atoms with Crippen LogP contribution in [0.25, 0.3) is 54.9 Å². The summed E-state index contributed by atoms with van der Waals surface area (Å²) in [6.07, 6.45) is 0. The Bertz CT molecular complexity index is 2660. The van der Waals surface area contributed by atoms with E-state index in [9.17, 15) is 0 Å². The molecule has 0 saturated heterocycles. The summed E-state index contributed by atoms with van der Waals surface area (Å²) in [5.74, 6) is 0. The second-order valence-electron chi connectivity index (χ2n) is 21.3. The maximum atomic E-state index is 4.93. The molecule has 2 radical (unpaired) electrons. The molecule has 4 heteroatoms. The maximum Gasteiger partial charge on any atom is 0.0920 e. The zero-order chi connectivity index (χ0) is 46.8. The average Bonchev–Trinajstić information content (AvgIpc) is 3.97. The molecule has 8 aromatic carbocycles. The van der Waals surface area contributed by atoms with E-state index < -0.39 is 20.8 Å². The van der Waals surface area contributed by atoms with Gasteiger partial charge in [-0.25, -0.2) is 0 Å². The fourth-order valence-electron chi connectivity index (χ4n) is 8.69. The quantitative estimate of drug-likeness (QED) is 0.120. The third-order valence-corrected chi connectivity index (χ3v) is 13.7. The predicted octanol–water partition coefficient (Wildman–Crippen LogP) is 16.8.